The van der Waals surface area contributed by atoms with Crippen molar-refractivity contribution in [3.8, 4) is 0 Å². The summed E-state index contributed by atoms with van der Waals surface area (Å²) in [5, 5.41) is 0. The molecule has 2 rings (SSSR count). The molecule has 2 heterocycles. The van der Waals surface area contributed by atoms with Gasteiger partial charge < -0.3 is 15.4 Å². The van der Waals surface area contributed by atoms with Crippen LogP contribution < -0.4 is 5.73 Å². The highest BCUT2D eigenvalue weighted by Gasteiger charge is 2.40. The highest BCUT2D eigenvalue weighted by atomic mass is 16.5. The molecule has 1 unspecified atom stereocenters. The van der Waals surface area contributed by atoms with Crippen molar-refractivity contribution in [2.45, 2.75) is 57.2 Å². The van der Waals surface area contributed by atoms with Crippen molar-refractivity contribution in [2.24, 2.45) is 5.73 Å². The third-order valence-electron chi connectivity index (χ3n) is 5.22. The van der Waals surface area contributed by atoms with Crippen molar-refractivity contribution in [3.05, 3.63) is 0 Å². The Morgan fingerprint density at radius 1 is 1.26 bits per heavy atom. The van der Waals surface area contributed by atoms with Crippen LogP contribution in [0, 0.1) is 0 Å². The van der Waals surface area contributed by atoms with Gasteiger partial charge in [0.25, 0.3) is 0 Å². The van der Waals surface area contributed by atoms with Crippen LogP contribution >= 0.6 is 0 Å². The van der Waals surface area contributed by atoms with E-state index in [1.807, 2.05) is 7.11 Å². The third-order valence-corrected chi connectivity index (χ3v) is 5.22. The molecule has 2 N–H and O–H groups in total. The Labute approximate surface area is 118 Å². The summed E-state index contributed by atoms with van der Waals surface area (Å²) >= 11 is 0. The maximum Gasteiger partial charge on any atom is 0.0698 e. The summed E-state index contributed by atoms with van der Waals surface area (Å²) in [6.07, 6.45) is 5.26. The van der Waals surface area contributed by atoms with Gasteiger partial charge >= 0.3 is 0 Å². The third kappa shape index (κ3) is 3.30. The van der Waals surface area contributed by atoms with Gasteiger partial charge in [0, 0.05) is 44.9 Å². The average Bonchev–Trinajstić information content (AvgIpc) is 2.47. The fourth-order valence-corrected chi connectivity index (χ4v) is 3.67. The van der Waals surface area contributed by atoms with Crippen LogP contribution in [0.3, 0.4) is 0 Å². The van der Waals surface area contributed by atoms with Gasteiger partial charge in [-0.25, -0.2) is 0 Å². The maximum atomic E-state index is 6.18. The van der Waals surface area contributed by atoms with Gasteiger partial charge in [0.05, 0.1) is 6.10 Å². The standard InChI is InChI=1S/C15H31N3O/c1-13(2)17-9-6-15(12-16,7-10-17)18-8-4-5-14(11-18)19-3/h13-14H,4-12,16H2,1-3H3. The first-order valence-electron chi connectivity index (χ1n) is 7.83. The molecule has 2 fully saturated rings. The minimum absolute atomic E-state index is 0.225. The highest BCUT2D eigenvalue weighted by Crippen LogP contribution is 2.31. The Bertz CT molecular complexity index is 275. The quantitative estimate of drug-likeness (QED) is 0.835. The van der Waals surface area contributed by atoms with E-state index in [0.717, 1.165) is 13.1 Å². The molecule has 0 aromatic rings. The number of hydrogen-bond acceptors (Lipinski definition) is 4. The Hall–Kier alpha value is -0.160. The number of rotatable bonds is 4. The second-order valence-electron chi connectivity index (χ2n) is 6.50. The highest BCUT2D eigenvalue weighted by molar-refractivity contribution is 4.98. The molecule has 0 saturated carbocycles. The van der Waals surface area contributed by atoms with E-state index in [2.05, 4.69) is 23.6 Å². The van der Waals surface area contributed by atoms with Crippen molar-refractivity contribution in [1.29, 1.82) is 0 Å². The Kier molecular flexibility index (Phi) is 5.23. The van der Waals surface area contributed by atoms with Crippen LogP contribution in [0.2, 0.25) is 0 Å². The predicted octanol–water partition coefficient (Wildman–Crippen LogP) is 1.30. The zero-order chi connectivity index (χ0) is 13.9. The molecular formula is C15H31N3O. The van der Waals surface area contributed by atoms with Crippen molar-refractivity contribution >= 4 is 0 Å². The molecule has 112 valence electrons. The number of likely N-dealkylation sites (tertiary alicyclic amines) is 2. The lowest BCUT2D eigenvalue weighted by atomic mass is 9.83. The number of nitrogens with zero attached hydrogens (tertiary/aromatic N) is 2. The molecular weight excluding hydrogens is 238 g/mol. The van der Waals surface area contributed by atoms with E-state index in [0.29, 0.717) is 12.1 Å². The minimum atomic E-state index is 0.225. The van der Waals surface area contributed by atoms with E-state index in [4.69, 9.17) is 10.5 Å². The molecule has 4 heteroatoms. The molecule has 19 heavy (non-hydrogen) atoms. The van der Waals surface area contributed by atoms with Crippen LogP contribution in [0.1, 0.15) is 39.5 Å². The summed E-state index contributed by atoms with van der Waals surface area (Å²) in [7, 11) is 1.84. The average molecular weight is 269 g/mol. The van der Waals surface area contributed by atoms with Crippen LogP contribution in [-0.2, 0) is 4.74 Å². The second-order valence-corrected chi connectivity index (χ2v) is 6.50. The SMILES string of the molecule is COC1CCCN(C2(CN)CCN(C(C)C)CC2)C1. The lowest BCUT2D eigenvalue weighted by Crippen LogP contribution is -2.62. The van der Waals surface area contributed by atoms with Crippen LogP contribution in [-0.4, -0.2) is 67.3 Å². The molecule has 0 spiro atoms. The summed E-state index contributed by atoms with van der Waals surface area (Å²) in [5.74, 6) is 0. The van der Waals surface area contributed by atoms with Gasteiger partial charge in [0.2, 0.25) is 0 Å². The number of piperidine rings is 2. The minimum Gasteiger partial charge on any atom is -0.380 e. The van der Waals surface area contributed by atoms with E-state index in [9.17, 15) is 0 Å². The van der Waals surface area contributed by atoms with E-state index in [1.54, 1.807) is 0 Å². The van der Waals surface area contributed by atoms with Crippen LogP contribution in [0.5, 0.6) is 0 Å². The van der Waals surface area contributed by atoms with Crippen LogP contribution in [0.25, 0.3) is 0 Å². The van der Waals surface area contributed by atoms with Crippen molar-refractivity contribution in [3.63, 3.8) is 0 Å². The van der Waals surface area contributed by atoms with E-state index in [-0.39, 0.29) is 5.54 Å². The summed E-state index contributed by atoms with van der Waals surface area (Å²) in [5.41, 5.74) is 6.40. The summed E-state index contributed by atoms with van der Waals surface area (Å²) in [4.78, 5) is 5.20. The molecule has 0 aromatic heterocycles. The monoisotopic (exact) mass is 269 g/mol. The first-order valence-corrected chi connectivity index (χ1v) is 7.83. The van der Waals surface area contributed by atoms with Crippen molar-refractivity contribution in [1.82, 2.24) is 9.80 Å². The lowest BCUT2D eigenvalue weighted by Gasteiger charge is -2.51. The first-order chi connectivity index (χ1) is 9.11. The van der Waals surface area contributed by atoms with Gasteiger partial charge in [0.15, 0.2) is 0 Å². The normalized spacial score (nSPS) is 29.8. The molecule has 0 aromatic carbocycles. The van der Waals surface area contributed by atoms with E-state index >= 15 is 0 Å². The van der Waals surface area contributed by atoms with E-state index in [1.165, 1.54) is 45.3 Å². The van der Waals surface area contributed by atoms with Crippen LogP contribution in [0.4, 0.5) is 0 Å². The Morgan fingerprint density at radius 3 is 2.47 bits per heavy atom. The molecule has 1 atom stereocenters. The van der Waals surface area contributed by atoms with Crippen molar-refractivity contribution < 1.29 is 4.74 Å². The van der Waals surface area contributed by atoms with Crippen LogP contribution in [0.15, 0.2) is 0 Å². The summed E-state index contributed by atoms with van der Waals surface area (Å²) in [6.45, 7) is 9.99. The molecule has 0 aliphatic carbocycles. The molecule has 0 bridgehead atoms. The second kappa shape index (κ2) is 6.53. The van der Waals surface area contributed by atoms with Gasteiger partial charge in [0.1, 0.15) is 0 Å². The van der Waals surface area contributed by atoms with Gasteiger partial charge in [-0.15, -0.1) is 0 Å². The zero-order valence-electron chi connectivity index (χ0n) is 12.9. The molecule has 4 nitrogen and oxygen atoms in total. The lowest BCUT2D eigenvalue weighted by molar-refractivity contribution is -0.0432. The number of nitrogens with two attached hydrogens (primary N) is 1. The first kappa shape index (κ1) is 15.2. The molecule has 0 amide bonds. The number of methoxy groups -OCH3 is 1. The zero-order valence-corrected chi connectivity index (χ0v) is 12.9. The smallest absolute Gasteiger partial charge is 0.0698 e. The Morgan fingerprint density at radius 2 is 1.95 bits per heavy atom. The molecule has 0 radical (unpaired) electrons. The fraction of sp³-hybridized carbons (Fsp3) is 1.00. The van der Waals surface area contributed by atoms with Gasteiger partial charge in [-0.05, 0) is 46.1 Å². The Balaban J connectivity index is 1.99. The fourth-order valence-electron chi connectivity index (χ4n) is 3.67. The molecule has 2 aliphatic heterocycles. The van der Waals surface area contributed by atoms with Gasteiger partial charge in [-0.1, -0.05) is 0 Å². The number of ether oxygens (including phenoxy) is 1. The maximum absolute atomic E-state index is 6.18. The topological polar surface area (TPSA) is 41.7 Å². The summed E-state index contributed by atoms with van der Waals surface area (Å²) < 4.78 is 5.57. The molecule has 2 aliphatic rings. The largest absolute Gasteiger partial charge is 0.380 e. The van der Waals surface area contributed by atoms with E-state index < -0.39 is 0 Å². The van der Waals surface area contributed by atoms with Gasteiger partial charge in [-0.3, -0.25) is 4.90 Å². The summed E-state index contributed by atoms with van der Waals surface area (Å²) in [6, 6.07) is 0.656. The van der Waals surface area contributed by atoms with Crippen molar-refractivity contribution in [2.75, 3.05) is 39.8 Å². The molecule has 2 saturated heterocycles. The predicted molar refractivity (Wildman–Crippen MR) is 79.3 cm³/mol. The number of hydrogen-bond donors (Lipinski definition) is 1. The van der Waals surface area contributed by atoms with Gasteiger partial charge in [-0.2, -0.15) is 0 Å².